The lowest BCUT2D eigenvalue weighted by Crippen LogP contribution is -2.54. The minimum atomic E-state index is -0.355. The van der Waals surface area contributed by atoms with Crippen molar-refractivity contribution in [1.29, 1.82) is 5.26 Å². The Bertz CT molecular complexity index is 1430. The van der Waals surface area contributed by atoms with E-state index in [2.05, 4.69) is 51.7 Å². The molecule has 9 heteroatoms. The fourth-order valence-electron chi connectivity index (χ4n) is 6.09. The molecule has 3 aromatic rings. The lowest BCUT2D eigenvalue weighted by molar-refractivity contribution is 0.0672. The number of aromatic nitrogens is 1. The summed E-state index contributed by atoms with van der Waals surface area (Å²) in [7, 11) is 0. The molecule has 2 aliphatic rings. The summed E-state index contributed by atoms with van der Waals surface area (Å²) in [6, 6.07) is 17.5. The highest BCUT2D eigenvalue weighted by atomic mass is 19.1. The maximum atomic E-state index is 14.1. The van der Waals surface area contributed by atoms with Gasteiger partial charge in [0.25, 0.3) is 5.91 Å². The Morgan fingerprint density at radius 3 is 2.50 bits per heavy atom. The first-order valence-electron chi connectivity index (χ1n) is 14.8. The summed E-state index contributed by atoms with van der Waals surface area (Å²) in [4.78, 5) is 27.1. The van der Waals surface area contributed by atoms with Crippen LogP contribution in [-0.4, -0.2) is 79.1 Å². The van der Waals surface area contributed by atoms with Crippen LogP contribution in [0, 0.1) is 24.1 Å². The molecule has 5 rings (SSSR count). The maximum absolute atomic E-state index is 14.1. The number of nitrogens with zero attached hydrogens (tertiary/aromatic N) is 6. The smallest absolute Gasteiger partial charge is 0.254 e. The highest BCUT2D eigenvalue weighted by Gasteiger charge is 2.30. The van der Waals surface area contributed by atoms with Crippen molar-refractivity contribution in [1.82, 2.24) is 14.8 Å². The maximum Gasteiger partial charge on any atom is 0.254 e. The van der Waals surface area contributed by atoms with E-state index in [1.54, 1.807) is 6.07 Å². The van der Waals surface area contributed by atoms with E-state index >= 15 is 0 Å². The average Bonchev–Trinajstić information content (AvgIpc) is 3.01. The van der Waals surface area contributed by atoms with E-state index in [1.165, 1.54) is 23.4 Å². The molecule has 1 unspecified atom stereocenters. The van der Waals surface area contributed by atoms with E-state index in [-0.39, 0.29) is 17.8 Å². The van der Waals surface area contributed by atoms with Crippen LogP contribution in [0.1, 0.15) is 46.0 Å². The third-order valence-corrected chi connectivity index (χ3v) is 8.50. The van der Waals surface area contributed by atoms with Gasteiger partial charge in [0.1, 0.15) is 17.7 Å². The number of aryl methyl sites for hydroxylation is 2. The van der Waals surface area contributed by atoms with Crippen molar-refractivity contribution in [2.75, 3.05) is 62.2 Å². The van der Waals surface area contributed by atoms with Gasteiger partial charge in [-0.1, -0.05) is 18.2 Å². The normalized spacial score (nSPS) is 17.8. The Kier molecular flexibility index (Phi) is 9.35. The van der Waals surface area contributed by atoms with Crippen molar-refractivity contribution < 1.29 is 9.18 Å². The van der Waals surface area contributed by atoms with Crippen molar-refractivity contribution in [3.63, 3.8) is 0 Å². The number of benzene rings is 2. The number of nitrogens with two attached hydrogens (primary N) is 1. The molecular formula is C33H40FN7O. The zero-order chi connectivity index (χ0) is 29.6. The van der Waals surface area contributed by atoms with E-state index in [0.29, 0.717) is 31.7 Å². The van der Waals surface area contributed by atoms with Crippen molar-refractivity contribution in [2.45, 2.75) is 39.3 Å². The highest BCUT2D eigenvalue weighted by molar-refractivity contribution is 5.96. The number of nitriles is 1. The standard InChI is InChI=1S/C33H40FN7O/c1-24-18-26(7-5-11-35)30(33(42)41-17-16-40(22-25(41)2)32-10-9-29(34)21-37-32)19-28(24)23-38-12-14-39(15-13-38)31-8-4-3-6-27(31)20-36/h3-4,6,8-10,18-19,21,25H,5,7,11-17,22-23,35H2,1-2H3. The number of hydrogen-bond donors (Lipinski definition) is 1. The molecule has 220 valence electrons. The third-order valence-electron chi connectivity index (χ3n) is 8.50. The van der Waals surface area contributed by atoms with Gasteiger partial charge in [0, 0.05) is 64.0 Å². The van der Waals surface area contributed by atoms with E-state index in [4.69, 9.17) is 5.73 Å². The van der Waals surface area contributed by atoms with Crippen LogP contribution < -0.4 is 15.5 Å². The molecule has 8 nitrogen and oxygen atoms in total. The van der Waals surface area contributed by atoms with Gasteiger partial charge in [0.15, 0.2) is 0 Å². The number of halogens is 1. The summed E-state index contributed by atoms with van der Waals surface area (Å²) in [6.45, 7) is 10.9. The van der Waals surface area contributed by atoms with Crippen LogP contribution >= 0.6 is 0 Å². The minimum absolute atomic E-state index is 0.0189. The first kappa shape index (κ1) is 29.5. The average molecular weight is 570 g/mol. The van der Waals surface area contributed by atoms with Gasteiger partial charge in [-0.25, -0.2) is 9.37 Å². The summed E-state index contributed by atoms with van der Waals surface area (Å²) >= 11 is 0. The highest BCUT2D eigenvalue weighted by Crippen LogP contribution is 2.26. The molecule has 0 radical (unpaired) electrons. The second-order valence-corrected chi connectivity index (χ2v) is 11.3. The Hall–Kier alpha value is -4.00. The Morgan fingerprint density at radius 1 is 1.05 bits per heavy atom. The summed E-state index contributed by atoms with van der Waals surface area (Å²) in [5.41, 5.74) is 11.7. The van der Waals surface area contributed by atoms with Gasteiger partial charge in [0.2, 0.25) is 0 Å². The number of amides is 1. The predicted molar refractivity (Wildman–Crippen MR) is 164 cm³/mol. The monoisotopic (exact) mass is 569 g/mol. The van der Waals surface area contributed by atoms with E-state index in [0.717, 1.165) is 68.2 Å². The van der Waals surface area contributed by atoms with Gasteiger partial charge in [-0.15, -0.1) is 0 Å². The van der Waals surface area contributed by atoms with E-state index in [9.17, 15) is 14.4 Å². The number of piperazine rings is 2. The van der Waals surface area contributed by atoms with Crippen LogP contribution in [0.4, 0.5) is 15.9 Å². The van der Waals surface area contributed by atoms with Crippen molar-refractivity contribution >= 4 is 17.4 Å². The molecule has 1 atom stereocenters. The summed E-state index contributed by atoms with van der Waals surface area (Å²) in [6.07, 6.45) is 2.83. The molecule has 0 aliphatic carbocycles. The molecule has 42 heavy (non-hydrogen) atoms. The molecule has 2 aromatic carbocycles. The third kappa shape index (κ3) is 6.56. The first-order chi connectivity index (χ1) is 20.4. The lowest BCUT2D eigenvalue weighted by atomic mass is 9.94. The second-order valence-electron chi connectivity index (χ2n) is 11.3. The summed E-state index contributed by atoms with van der Waals surface area (Å²) < 4.78 is 13.4. The topological polar surface area (TPSA) is 92.7 Å². The zero-order valence-corrected chi connectivity index (χ0v) is 24.6. The van der Waals surface area contributed by atoms with Crippen LogP contribution in [0.25, 0.3) is 0 Å². The molecule has 0 saturated carbocycles. The number of carbonyl (C=O) groups is 1. The van der Waals surface area contributed by atoms with E-state index in [1.807, 2.05) is 29.2 Å². The number of anilines is 2. The van der Waals surface area contributed by atoms with Crippen molar-refractivity contribution in [3.05, 3.63) is 88.4 Å². The molecule has 0 spiro atoms. The second kappa shape index (κ2) is 13.3. The number of hydrogen-bond acceptors (Lipinski definition) is 7. The molecule has 1 aromatic heterocycles. The van der Waals surface area contributed by atoms with Gasteiger partial charge in [-0.05, 0) is 80.3 Å². The Balaban J connectivity index is 1.30. The number of pyridine rings is 1. The number of rotatable bonds is 8. The molecule has 2 saturated heterocycles. The summed E-state index contributed by atoms with van der Waals surface area (Å²) in [5, 5.41) is 9.52. The number of carbonyl (C=O) groups excluding carboxylic acids is 1. The van der Waals surface area contributed by atoms with Gasteiger partial charge >= 0.3 is 0 Å². The van der Waals surface area contributed by atoms with Crippen LogP contribution in [0.3, 0.4) is 0 Å². The van der Waals surface area contributed by atoms with Crippen molar-refractivity contribution in [3.8, 4) is 6.07 Å². The Labute approximate surface area is 248 Å². The van der Waals surface area contributed by atoms with Gasteiger partial charge in [-0.2, -0.15) is 5.26 Å². The van der Waals surface area contributed by atoms with E-state index < -0.39 is 0 Å². The molecular weight excluding hydrogens is 529 g/mol. The SMILES string of the molecule is Cc1cc(CCCN)c(C(=O)N2CCN(c3ccc(F)cn3)CC2C)cc1CN1CCN(c2ccccc2C#N)CC1. The summed E-state index contributed by atoms with van der Waals surface area (Å²) in [5.74, 6) is 0.431. The molecule has 1 amide bonds. The fraction of sp³-hybridized carbons (Fsp3) is 0.424. The van der Waals surface area contributed by atoms with Gasteiger partial charge in [-0.3, -0.25) is 9.69 Å². The van der Waals surface area contributed by atoms with Crippen LogP contribution in [0.2, 0.25) is 0 Å². The Morgan fingerprint density at radius 2 is 1.81 bits per heavy atom. The lowest BCUT2D eigenvalue weighted by Gasteiger charge is -2.41. The molecule has 0 bridgehead atoms. The predicted octanol–water partition coefficient (Wildman–Crippen LogP) is 3.97. The fourth-order valence-corrected chi connectivity index (χ4v) is 6.09. The quantitative estimate of drug-likeness (QED) is 0.439. The number of para-hydroxylation sites is 1. The van der Waals surface area contributed by atoms with Crippen LogP contribution in [0.15, 0.2) is 54.7 Å². The minimum Gasteiger partial charge on any atom is -0.368 e. The molecule has 2 aliphatic heterocycles. The largest absolute Gasteiger partial charge is 0.368 e. The van der Waals surface area contributed by atoms with Crippen LogP contribution in [-0.2, 0) is 13.0 Å². The molecule has 3 heterocycles. The van der Waals surface area contributed by atoms with Crippen LogP contribution in [0.5, 0.6) is 0 Å². The van der Waals surface area contributed by atoms with Crippen molar-refractivity contribution in [2.24, 2.45) is 5.73 Å². The van der Waals surface area contributed by atoms with Gasteiger partial charge in [0.05, 0.1) is 17.4 Å². The molecule has 2 N–H and O–H groups in total. The van der Waals surface area contributed by atoms with Gasteiger partial charge < -0.3 is 20.4 Å². The first-order valence-corrected chi connectivity index (χ1v) is 14.8. The zero-order valence-electron chi connectivity index (χ0n) is 24.6. The molecule has 2 fully saturated rings.